The van der Waals surface area contributed by atoms with Gasteiger partial charge in [0.15, 0.2) is 11.7 Å². The number of oxazole rings is 1. The standard InChI is InChI=1S/C11H12N2O2/c1-7-13-5-11(15-7)10-3-2-9(12)4-8(10)6-14/h2-5,14H,6,12H2,1H3. The third-order valence-electron chi connectivity index (χ3n) is 2.19. The van der Waals surface area contributed by atoms with Gasteiger partial charge in [0.05, 0.1) is 12.8 Å². The zero-order valence-corrected chi connectivity index (χ0v) is 8.40. The van der Waals surface area contributed by atoms with Crippen LogP contribution in [0.2, 0.25) is 0 Å². The van der Waals surface area contributed by atoms with Crippen LogP contribution in [0.25, 0.3) is 11.3 Å². The topological polar surface area (TPSA) is 72.3 Å². The summed E-state index contributed by atoms with van der Waals surface area (Å²) in [4.78, 5) is 4.01. The Bertz CT molecular complexity index is 477. The van der Waals surface area contributed by atoms with Crippen LogP contribution in [0.15, 0.2) is 28.8 Å². The van der Waals surface area contributed by atoms with E-state index in [0.717, 1.165) is 11.1 Å². The molecule has 0 amide bonds. The molecule has 1 aromatic carbocycles. The number of aromatic nitrogens is 1. The molecule has 0 spiro atoms. The first-order valence-electron chi connectivity index (χ1n) is 4.63. The third-order valence-corrected chi connectivity index (χ3v) is 2.19. The van der Waals surface area contributed by atoms with Crippen LogP contribution in [0.5, 0.6) is 0 Å². The predicted molar refractivity (Wildman–Crippen MR) is 57.0 cm³/mol. The van der Waals surface area contributed by atoms with Crippen LogP contribution >= 0.6 is 0 Å². The van der Waals surface area contributed by atoms with Gasteiger partial charge in [-0.1, -0.05) is 0 Å². The van der Waals surface area contributed by atoms with Crippen LogP contribution in [0, 0.1) is 6.92 Å². The van der Waals surface area contributed by atoms with Gasteiger partial charge in [0.25, 0.3) is 0 Å². The van der Waals surface area contributed by atoms with Crippen molar-refractivity contribution in [3.63, 3.8) is 0 Å². The van der Waals surface area contributed by atoms with Crippen LogP contribution in [0.1, 0.15) is 11.5 Å². The first-order chi connectivity index (χ1) is 7.20. The highest BCUT2D eigenvalue weighted by molar-refractivity contribution is 5.64. The quantitative estimate of drug-likeness (QED) is 0.730. The van der Waals surface area contributed by atoms with Gasteiger partial charge in [-0.15, -0.1) is 0 Å². The maximum Gasteiger partial charge on any atom is 0.191 e. The molecular weight excluding hydrogens is 192 g/mol. The van der Waals surface area contributed by atoms with Crippen molar-refractivity contribution in [3.8, 4) is 11.3 Å². The summed E-state index contributed by atoms with van der Waals surface area (Å²) in [6, 6.07) is 5.32. The van der Waals surface area contributed by atoms with E-state index in [1.54, 1.807) is 25.3 Å². The SMILES string of the molecule is Cc1ncc(-c2ccc(N)cc2CO)o1. The summed E-state index contributed by atoms with van der Waals surface area (Å²) in [5.74, 6) is 1.25. The van der Waals surface area contributed by atoms with Gasteiger partial charge in [-0.25, -0.2) is 4.98 Å². The maximum absolute atomic E-state index is 9.19. The number of rotatable bonds is 2. The number of nitrogen functional groups attached to an aromatic ring is 1. The third kappa shape index (κ3) is 1.85. The fourth-order valence-corrected chi connectivity index (χ4v) is 1.47. The second-order valence-electron chi connectivity index (χ2n) is 3.32. The number of hydrogen-bond donors (Lipinski definition) is 2. The van der Waals surface area contributed by atoms with Gasteiger partial charge in [0.1, 0.15) is 0 Å². The van der Waals surface area contributed by atoms with Crippen LogP contribution in [-0.4, -0.2) is 10.1 Å². The van der Waals surface area contributed by atoms with Crippen LogP contribution in [0.4, 0.5) is 5.69 Å². The molecule has 1 aromatic heterocycles. The molecule has 78 valence electrons. The molecule has 2 aromatic rings. The molecule has 2 rings (SSSR count). The van der Waals surface area contributed by atoms with E-state index in [-0.39, 0.29) is 6.61 Å². The minimum Gasteiger partial charge on any atom is -0.441 e. The van der Waals surface area contributed by atoms with Gasteiger partial charge in [-0.05, 0) is 23.8 Å². The van der Waals surface area contributed by atoms with Gasteiger partial charge in [0.2, 0.25) is 0 Å². The fraction of sp³-hybridized carbons (Fsp3) is 0.182. The second-order valence-corrected chi connectivity index (χ2v) is 3.32. The lowest BCUT2D eigenvalue weighted by atomic mass is 10.1. The van der Waals surface area contributed by atoms with E-state index in [1.165, 1.54) is 0 Å². The van der Waals surface area contributed by atoms with Crippen LogP contribution in [0.3, 0.4) is 0 Å². The van der Waals surface area contributed by atoms with E-state index in [1.807, 2.05) is 6.07 Å². The average Bonchev–Trinajstić information content (AvgIpc) is 2.64. The molecule has 0 atom stereocenters. The van der Waals surface area contributed by atoms with Gasteiger partial charge in [-0.3, -0.25) is 0 Å². The Kier molecular flexibility index (Phi) is 2.43. The highest BCUT2D eigenvalue weighted by atomic mass is 16.4. The molecule has 0 unspecified atom stereocenters. The molecule has 0 aliphatic heterocycles. The normalized spacial score (nSPS) is 10.5. The fourth-order valence-electron chi connectivity index (χ4n) is 1.47. The Morgan fingerprint density at radius 3 is 2.87 bits per heavy atom. The van der Waals surface area contributed by atoms with E-state index < -0.39 is 0 Å². The van der Waals surface area contributed by atoms with Crippen molar-refractivity contribution in [2.45, 2.75) is 13.5 Å². The largest absolute Gasteiger partial charge is 0.441 e. The summed E-state index contributed by atoms with van der Waals surface area (Å²) >= 11 is 0. The number of hydrogen-bond acceptors (Lipinski definition) is 4. The lowest BCUT2D eigenvalue weighted by molar-refractivity contribution is 0.282. The molecule has 0 radical (unpaired) electrons. The van der Waals surface area contributed by atoms with E-state index in [9.17, 15) is 5.11 Å². The minimum atomic E-state index is -0.0693. The molecule has 0 fully saturated rings. The Labute approximate surface area is 87.4 Å². The van der Waals surface area contributed by atoms with E-state index in [0.29, 0.717) is 17.3 Å². The predicted octanol–water partition coefficient (Wildman–Crippen LogP) is 1.72. The maximum atomic E-state index is 9.19. The van der Waals surface area contributed by atoms with Crippen molar-refractivity contribution in [1.29, 1.82) is 0 Å². The lowest BCUT2D eigenvalue weighted by Crippen LogP contribution is -1.92. The Morgan fingerprint density at radius 2 is 2.27 bits per heavy atom. The highest BCUT2D eigenvalue weighted by Crippen LogP contribution is 2.26. The lowest BCUT2D eigenvalue weighted by Gasteiger charge is -2.04. The van der Waals surface area contributed by atoms with E-state index >= 15 is 0 Å². The van der Waals surface area contributed by atoms with Crippen LogP contribution < -0.4 is 5.73 Å². The molecule has 0 bridgehead atoms. The van der Waals surface area contributed by atoms with Crippen molar-refractivity contribution in [2.75, 3.05) is 5.73 Å². The van der Waals surface area contributed by atoms with Gasteiger partial charge < -0.3 is 15.3 Å². The van der Waals surface area contributed by atoms with Crippen molar-refractivity contribution in [3.05, 3.63) is 35.9 Å². The summed E-state index contributed by atoms with van der Waals surface area (Å²) < 4.78 is 5.39. The molecule has 1 heterocycles. The molecule has 0 saturated carbocycles. The second kappa shape index (κ2) is 3.74. The van der Waals surface area contributed by atoms with Gasteiger partial charge in [0, 0.05) is 18.2 Å². The minimum absolute atomic E-state index is 0.0693. The van der Waals surface area contributed by atoms with Crippen molar-refractivity contribution < 1.29 is 9.52 Å². The van der Waals surface area contributed by atoms with Crippen molar-refractivity contribution in [2.24, 2.45) is 0 Å². The number of aliphatic hydroxyl groups is 1. The van der Waals surface area contributed by atoms with Gasteiger partial charge >= 0.3 is 0 Å². The zero-order valence-electron chi connectivity index (χ0n) is 8.40. The average molecular weight is 204 g/mol. The molecule has 3 N–H and O–H groups in total. The number of aryl methyl sites for hydroxylation is 1. The summed E-state index contributed by atoms with van der Waals surface area (Å²) in [6.07, 6.45) is 1.64. The molecule has 4 nitrogen and oxygen atoms in total. The van der Waals surface area contributed by atoms with Crippen LogP contribution in [-0.2, 0) is 6.61 Å². The van der Waals surface area contributed by atoms with Crippen molar-refractivity contribution >= 4 is 5.69 Å². The Balaban J connectivity index is 2.52. The summed E-state index contributed by atoms with van der Waals surface area (Å²) in [5.41, 5.74) is 7.82. The summed E-state index contributed by atoms with van der Waals surface area (Å²) in [7, 11) is 0. The van der Waals surface area contributed by atoms with Crippen molar-refractivity contribution in [1.82, 2.24) is 4.98 Å². The number of aliphatic hydroxyl groups excluding tert-OH is 1. The Morgan fingerprint density at radius 1 is 1.47 bits per heavy atom. The molecule has 4 heteroatoms. The number of nitrogens with zero attached hydrogens (tertiary/aromatic N) is 1. The number of benzene rings is 1. The summed E-state index contributed by atoms with van der Waals surface area (Å²) in [5, 5.41) is 9.19. The molecule has 0 saturated heterocycles. The smallest absolute Gasteiger partial charge is 0.191 e. The molecular formula is C11H12N2O2. The highest BCUT2D eigenvalue weighted by Gasteiger charge is 2.08. The first-order valence-corrected chi connectivity index (χ1v) is 4.63. The Hall–Kier alpha value is -1.81. The molecule has 15 heavy (non-hydrogen) atoms. The monoisotopic (exact) mass is 204 g/mol. The number of anilines is 1. The zero-order chi connectivity index (χ0) is 10.8. The first kappa shape index (κ1) is 9.73. The molecule has 0 aliphatic carbocycles. The number of nitrogens with two attached hydrogens (primary N) is 1. The van der Waals surface area contributed by atoms with E-state index in [4.69, 9.17) is 10.2 Å². The van der Waals surface area contributed by atoms with Gasteiger partial charge in [-0.2, -0.15) is 0 Å². The van der Waals surface area contributed by atoms with E-state index in [2.05, 4.69) is 4.98 Å². The molecule has 0 aliphatic rings. The summed E-state index contributed by atoms with van der Waals surface area (Å²) in [6.45, 7) is 1.71.